The van der Waals surface area contributed by atoms with Crippen molar-refractivity contribution in [2.75, 3.05) is 41.7 Å². The van der Waals surface area contributed by atoms with Crippen LogP contribution in [-0.4, -0.2) is 60.8 Å². The molecule has 1 atom stereocenters. The minimum Gasteiger partial charge on any atom is -0.368 e. The minimum atomic E-state index is -0.834. The van der Waals surface area contributed by atoms with Gasteiger partial charge in [-0.05, 0) is 48.5 Å². The van der Waals surface area contributed by atoms with Crippen LogP contribution in [0.25, 0.3) is 0 Å². The van der Waals surface area contributed by atoms with Crippen LogP contribution in [0, 0.1) is 5.82 Å². The first kappa shape index (κ1) is 22.3. The Kier molecular flexibility index (Phi) is 6.53. The molecule has 0 aromatic heterocycles. The van der Waals surface area contributed by atoms with Gasteiger partial charge in [0.25, 0.3) is 0 Å². The number of guanidine groups is 1. The number of carbonyl (C=O) groups excluding carboxylic acids is 3. The van der Waals surface area contributed by atoms with Gasteiger partial charge in [0.2, 0.25) is 23.7 Å². The van der Waals surface area contributed by atoms with Crippen LogP contribution in [0.4, 0.5) is 21.5 Å². The molecule has 0 aliphatic carbocycles. The molecular weight excluding hydrogens is 427 g/mol. The number of hydrogen-bond donors (Lipinski definition) is 3. The molecule has 2 aliphatic rings. The number of benzene rings is 2. The lowest BCUT2D eigenvalue weighted by atomic mass is 10.1. The van der Waals surface area contributed by atoms with Gasteiger partial charge in [-0.1, -0.05) is 0 Å². The van der Waals surface area contributed by atoms with E-state index in [1.165, 1.54) is 19.1 Å². The van der Waals surface area contributed by atoms with Gasteiger partial charge in [0.05, 0.1) is 6.42 Å². The summed E-state index contributed by atoms with van der Waals surface area (Å²) in [5.74, 6) is -0.696. The summed E-state index contributed by atoms with van der Waals surface area (Å²) in [5.41, 5.74) is 2.11. The minimum absolute atomic E-state index is 0.0329. The van der Waals surface area contributed by atoms with Gasteiger partial charge in [-0.3, -0.25) is 19.7 Å². The van der Waals surface area contributed by atoms with Gasteiger partial charge in [-0.25, -0.2) is 9.38 Å². The van der Waals surface area contributed by atoms with Crippen LogP contribution in [0.1, 0.15) is 13.3 Å². The third-order valence-corrected chi connectivity index (χ3v) is 5.45. The summed E-state index contributed by atoms with van der Waals surface area (Å²) in [5, 5.41) is 8.20. The van der Waals surface area contributed by atoms with E-state index >= 15 is 0 Å². The van der Waals surface area contributed by atoms with Crippen molar-refractivity contribution in [2.45, 2.75) is 19.4 Å². The number of aliphatic imine (C=N–C) groups is 1. The standard InChI is InChI=1S/C23H25FN6O3/c1-15(31)25-17-4-6-18(7-5-17)26-22(33)20-14-21(32)28-23(27-20)30-12-10-29(11-13-30)19-8-2-16(24)3-9-19/h2-9,20H,10-14H2,1H3,(H,25,31)(H,26,33)(H,27,28,32). The molecule has 2 aromatic carbocycles. The fourth-order valence-corrected chi connectivity index (χ4v) is 3.78. The summed E-state index contributed by atoms with van der Waals surface area (Å²) in [7, 11) is 0. The van der Waals surface area contributed by atoms with Crippen LogP contribution in [0.5, 0.6) is 0 Å². The number of carbonyl (C=O) groups is 3. The molecule has 1 unspecified atom stereocenters. The number of hydrogen-bond acceptors (Lipinski definition) is 6. The fourth-order valence-electron chi connectivity index (χ4n) is 3.78. The Bertz CT molecular complexity index is 1060. The summed E-state index contributed by atoms with van der Waals surface area (Å²) >= 11 is 0. The molecule has 9 nitrogen and oxygen atoms in total. The molecule has 3 N–H and O–H groups in total. The number of piperazine rings is 1. The van der Waals surface area contributed by atoms with E-state index in [9.17, 15) is 18.8 Å². The second kappa shape index (κ2) is 9.68. The Morgan fingerprint density at radius 1 is 0.939 bits per heavy atom. The van der Waals surface area contributed by atoms with Crippen molar-refractivity contribution in [2.24, 2.45) is 4.99 Å². The smallest absolute Gasteiger partial charge is 0.249 e. The van der Waals surface area contributed by atoms with E-state index < -0.39 is 6.04 Å². The van der Waals surface area contributed by atoms with Crippen molar-refractivity contribution < 1.29 is 18.8 Å². The Morgan fingerprint density at radius 3 is 2.12 bits per heavy atom. The topological polar surface area (TPSA) is 106 Å². The zero-order valence-corrected chi connectivity index (χ0v) is 18.2. The summed E-state index contributed by atoms with van der Waals surface area (Å²) in [4.78, 5) is 44.7. The van der Waals surface area contributed by atoms with E-state index in [1.54, 1.807) is 36.4 Å². The Hall–Kier alpha value is -3.95. The van der Waals surface area contributed by atoms with Gasteiger partial charge in [-0.15, -0.1) is 0 Å². The molecule has 10 heteroatoms. The maximum atomic E-state index is 13.2. The van der Waals surface area contributed by atoms with Gasteiger partial charge in [0.1, 0.15) is 11.9 Å². The summed E-state index contributed by atoms with van der Waals surface area (Å²) in [6.45, 7) is 3.99. The molecule has 2 aromatic rings. The van der Waals surface area contributed by atoms with Crippen molar-refractivity contribution in [3.05, 3.63) is 54.3 Å². The highest BCUT2D eigenvalue weighted by Crippen LogP contribution is 2.19. The summed E-state index contributed by atoms with van der Waals surface area (Å²) in [6.07, 6.45) is -0.0329. The molecule has 172 valence electrons. The number of amides is 3. The molecule has 3 amide bonds. The Labute approximate surface area is 190 Å². The number of nitrogens with one attached hydrogen (secondary N) is 3. The van der Waals surface area contributed by atoms with Gasteiger partial charge >= 0.3 is 0 Å². The van der Waals surface area contributed by atoms with Crippen LogP contribution < -0.4 is 20.9 Å². The summed E-state index contributed by atoms with van der Waals surface area (Å²) < 4.78 is 13.2. The van der Waals surface area contributed by atoms with Gasteiger partial charge in [0, 0.05) is 50.2 Å². The lowest BCUT2D eigenvalue weighted by Gasteiger charge is -2.38. The van der Waals surface area contributed by atoms with Crippen molar-refractivity contribution in [3.63, 3.8) is 0 Å². The van der Waals surface area contributed by atoms with Crippen LogP contribution in [0.3, 0.4) is 0 Å². The first-order chi connectivity index (χ1) is 15.9. The second-order valence-electron chi connectivity index (χ2n) is 7.92. The maximum absolute atomic E-state index is 13.2. The quantitative estimate of drug-likeness (QED) is 0.656. The van der Waals surface area contributed by atoms with Crippen molar-refractivity contribution in [3.8, 4) is 0 Å². The Morgan fingerprint density at radius 2 is 1.52 bits per heavy atom. The van der Waals surface area contributed by atoms with Crippen LogP contribution in [0.15, 0.2) is 53.5 Å². The molecule has 1 fully saturated rings. The Balaban J connectivity index is 1.37. The first-order valence-corrected chi connectivity index (χ1v) is 10.7. The van der Waals surface area contributed by atoms with E-state index in [2.05, 4.69) is 25.8 Å². The molecule has 2 aliphatic heterocycles. The highest BCUT2D eigenvalue weighted by Gasteiger charge is 2.30. The largest absolute Gasteiger partial charge is 0.368 e. The number of nitrogens with zero attached hydrogens (tertiary/aromatic N) is 3. The van der Waals surface area contributed by atoms with E-state index in [0.29, 0.717) is 43.5 Å². The summed E-state index contributed by atoms with van der Waals surface area (Å²) in [6, 6.07) is 12.2. The molecular formula is C23H25FN6O3. The van der Waals surface area contributed by atoms with E-state index in [1.807, 2.05) is 4.90 Å². The fraction of sp³-hybridized carbons (Fsp3) is 0.304. The van der Waals surface area contributed by atoms with Crippen molar-refractivity contribution in [1.82, 2.24) is 10.2 Å². The number of halogens is 1. The average Bonchev–Trinajstić information content (AvgIpc) is 2.80. The SMILES string of the molecule is CC(=O)Nc1ccc(NC(=O)C2CC(=O)NC(N3CCN(c4ccc(F)cc4)CC3)=N2)cc1. The molecule has 33 heavy (non-hydrogen) atoms. The van der Waals surface area contributed by atoms with Crippen molar-refractivity contribution >= 4 is 40.7 Å². The van der Waals surface area contributed by atoms with Gasteiger partial charge < -0.3 is 20.4 Å². The van der Waals surface area contributed by atoms with Gasteiger partial charge in [-0.2, -0.15) is 0 Å². The van der Waals surface area contributed by atoms with Crippen LogP contribution in [-0.2, 0) is 14.4 Å². The van der Waals surface area contributed by atoms with Gasteiger partial charge in [0.15, 0.2) is 0 Å². The van der Waals surface area contributed by atoms with Crippen LogP contribution >= 0.6 is 0 Å². The predicted molar refractivity (Wildman–Crippen MR) is 124 cm³/mol. The molecule has 0 radical (unpaired) electrons. The molecule has 2 heterocycles. The zero-order valence-electron chi connectivity index (χ0n) is 18.2. The lowest BCUT2D eigenvalue weighted by molar-refractivity contribution is -0.125. The second-order valence-corrected chi connectivity index (χ2v) is 7.92. The molecule has 0 bridgehead atoms. The first-order valence-electron chi connectivity index (χ1n) is 10.7. The van der Waals surface area contributed by atoms with Crippen LogP contribution in [0.2, 0.25) is 0 Å². The predicted octanol–water partition coefficient (Wildman–Crippen LogP) is 1.79. The van der Waals surface area contributed by atoms with E-state index in [-0.39, 0.29) is 30.0 Å². The third kappa shape index (κ3) is 5.65. The molecule has 0 spiro atoms. The molecule has 1 saturated heterocycles. The third-order valence-electron chi connectivity index (χ3n) is 5.45. The normalized spacial score (nSPS) is 18.3. The van der Waals surface area contributed by atoms with Crippen molar-refractivity contribution in [1.29, 1.82) is 0 Å². The highest BCUT2D eigenvalue weighted by molar-refractivity contribution is 6.06. The molecule has 4 rings (SSSR count). The van der Waals surface area contributed by atoms with E-state index in [0.717, 1.165) is 5.69 Å². The number of rotatable bonds is 4. The maximum Gasteiger partial charge on any atom is 0.249 e. The lowest BCUT2D eigenvalue weighted by Crippen LogP contribution is -2.56. The molecule has 0 saturated carbocycles. The monoisotopic (exact) mass is 452 g/mol. The zero-order chi connectivity index (χ0) is 23.4. The highest BCUT2D eigenvalue weighted by atomic mass is 19.1. The number of anilines is 3. The van der Waals surface area contributed by atoms with E-state index in [4.69, 9.17) is 0 Å². The average molecular weight is 452 g/mol.